The molecular formula is C21H13B2F2N5O. The minimum Gasteiger partial charge on any atom is -0.340 e. The van der Waals surface area contributed by atoms with Crippen molar-refractivity contribution in [2.75, 3.05) is 0 Å². The lowest BCUT2D eigenvalue weighted by Gasteiger charge is -2.33. The van der Waals surface area contributed by atoms with Crippen LogP contribution in [-0.2, 0) is 18.9 Å². The molecule has 0 N–H and O–H groups in total. The SMILES string of the molecule is [B]C1([B])c2ncccc2C(=O)N1Cc1c(F)cc(-c2cnc3nn(C)cc3c2)cc1F. The van der Waals surface area contributed by atoms with E-state index in [1.165, 1.54) is 30.6 Å². The molecular weight excluding hydrogens is 398 g/mol. The number of amides is 1. The van der Waals surface area contributed by atoms with E-state index in [1.54, 1.807) is 30.1 Å². The minimum absolute atomic E-state index is 0.160. The molecule has 4 heterocycles. The molecule has 148 valence electrons. The predicted octanol–water partition coefficient (Wildman–Crippen LogP) is 2.41. The average molecular weight is 411 g/mol. The molecule has 6 nitrogen and oxygen atoms in total. The van der Waals surface area contributed by atoms with E-state index in [1.807, 2.05) is 0 Å². The maximum absolute atomic E-state index is 15.0. The second kappa shape index (κ2) is 6.73. The normalized spacial score (nSPS) is 14.9. The highest BCUT2D eigenvalue weighted by Crippen LogP contribution is 2.35. The third-order valence-corrected chi connectivity index (χ3v) is 5.37. The molecule has 1 amide bonds. The Morgan fingerprint density at radius 2 is 1.84 bits per heavy atom. The molecule has 4 aromatic rings. The van der Waals surface area contributed by atoms with E-state index in [9.17, 15) is 13.6 Å². The Kier molecular flexibility index (Phi) is 4.22. The van der Waals surface area contributed by atoms with Crippen molar-refractivity contribution >= 4 is 32.6 Å². The second-order valence-electron chi connectivity index (χ2n) is 7.47. The summed E-state index contributed by atoms with van der Waals surface area (Å²) in [4.78, 5) is 22.0. The van der Waals surface area contributed by atoms with E-state index in [4.69, 9.17) is 15.7 Å². The highest BCUT2D eigenvalue weighted by molar-refractivity contribution is 6.42. The third-order valence-electron chi connectivity index (χ3n) is 5.37. The number of carbonyl (C=O) groups excluding carboxylic acids is 1. The molecule has 0 bridgehead atoms. The zero-order valence-electron chi connectivity index (χ0n) is 16.4. The van der Waals surface area contributed by atoms with Crippen molar-refractivity contribution in [2.24, 2.45) is 7.05 Å². The Labute approximate surface area is 178 Å². The number of halogens is 2. The van der Waals surface area contributed by atoms with Crippen molar-refractivity contribution in [1.82, 2.24) is 24.6 Å². The molecule has 0 saturated carbocycles. The minimum atomic E-state index is -1.78. The predicted molar refractivity (Wildman–Crippen MR) is 111 cm³/mol. The van der Waals surface area contributed by atoms with Crippen LogP contribution in [0, 0.1) is 11.6 Å². The maximum atomic E-state index is 15.0. The highest BCUT2D eigenvalue weighted by atomic mass is 19.1. The van der Waals surface area contributed by atoms with E-state index in [0.29, 0.717) is 16.8 Å². The highest BCUT2D eigenvalue weighted by Gasteiger charge is 2.43. The number of aryl methyl sites for hydroxylation is 1. The Morgan fingerprint density at radius 3 is 2.55 bits per heavy atom. The summed E-state index contributed by atoms with van der Waals surface area (Å²) in [6, 6.07) is 7.23. The summed E-state index contributed by atoms with van der Waals surface area (Å²) >= 11 is 0. The Bertz CT molecular complexity index is 1350. The number of carbonyl (C=O) groups is 1. The first-order valence-electron chi connectivity index (χ1n) is 9.38. The summed E-state index contributed by atoms with van der Waals surface area (Å²) in [6.07, 6.45) is 4.72. The summed E-state index contributed by atoms with van der Waals surface area (Å²) in [6.45, 7) is -0.444. The van der Waals surface area contributed by atoms with E-state index in [2.05, 4.69) is 15.1 Å². The number of aromatic nitrogens is 4. The van der Waals surface area contributed by atoms with Gasteiger partial charge in [0.15, 0.2) is 5.65 Å². The van der Waals surface area contributed by atoms with Gasteiger partial charge in [0, 0.05) is 47.5 Å². The van der Waals surface area contributed by atoms with Crippen LogP contribution in [0.2, 0.25) is 0 Å². The summed E-state index contributed by atoms with van der Waals surface area (Å²) < 4.78 is 31.5. The molecule has 31 heavy (non-hydrogen) atoms. The van der Waals surface area contributed by atoms with Gasteiger partial charge in [-0.25, -0.2) is 13.8 Å². The van der Waals surface area contributed by atoms with Gasteiger partial charge >= 0.3 is 0 Å². The maximum Gasteiger partial charge on any atom is 0.255 e. The van der Waals surface area contributed by atoms with Crippen LogP contribution in [0.1, 0.15) is 21.6 Å². The number of pyridine rings is 2. The Hall–Kier alpha value is -3.55. The number of benzene rings is 1. The molecule has 10 heteroatoms. The molecule has 0 spiro atoms. The molecule has 0 aliphatic carbocycles. The standard InChI is InChI=1S/C21H13B2F2N5O/c1-29-9-13-5-12(8-27-19(13)28-29)11-6-16(24)15(17(25)7-11)10-30-20(31)14-3-2-4-26-18(14)21(30,22)23/h2-9H,10H2,1H3. The molecule has 0 atom stereocenters. The van der Waals surface area contributed by atoms with E-state index in [0.717, 1.165) is 10.3 Å². The number of rotatable bonds is 3. The lowest BCUT2D eigenvalue weighted by atomic mass is 9.59. The van der Waals surface area contributed by atoms with Gasteiger partial charge in [0.25, 0.3) is 5.91 Å². The van der Waals surface area contributed by atoms with Gasteiger partial charge in [-0.15, -0.1) is 0 Å². The second-order valence-corrected chi connectivity index (χ2v) is 7.47. The van der Waals surface area contributed by atoms with Gasteiger partial charge in [0.05, 0.1) is 33.5 Å². The third kappa shape index (κ3) is 3.01. The fourth-order valence-electron chi connectivity index (χ4n) is 3.81. The van der Waals surface area contributed by atoms with Gasteiger partial charge < -0.3 is 4.90 Å². The Morgan fingerprint density at radius 1 is 1.10 bits per heavy atom. The topological polar surface area (TPSA) is 63.9 Å². The first-order chi connectivity index (χ1) is 14.8. The lowest BCUT2D eigenvalue weighted by molar-refractivity contribution is 0.0727. The molecule has 3 aromatic heterocycles. The average Bonchev–Trinajstić information content (AvgIpc) is 3.19. The van der Waals surface area contributed by atoms with Gasteiger partial charge in [-0.3, -0.25) is 14.5 Å². The monoisotopic (exact) mass is 411 g/mol. The smallest absolute Gasteiger partial charge is 0.255 e. The van der Waals surface area contributed by atoms with Crippen molar-refractivity contribution in [1.29, 1.82) is 0 Å². The number of hydrogen-bond donors (Lipinski definition) is 0. The molecule has 0 saturated heterocycles. The number of nitrogens with zero attached hydrogens (tertiary/aromatic N) is 5. The largest absolute Gasteiger partial charge is 0.340 e. The molecule has 1 aliphatic heterocycles. The zero-order chi connectivity index (χ0) is 21.9. The zero-order valence-corrected chi connectivity index (χ0v) is 16.4. The molecule has 5 rings (SSSR count). The van der Waals surface area contributed by atoms with Crippen LogP contribution in [0.25, 0.3) is 22.2 Å². The molecule has 0 unspecified atom stereocenters. The molecule has 1 aromatic carbocycles. The van der Waals surface area contributed by atoms with Gasteiger partial charge in [0.1, 0.15) is 11.6 Å². The van der Waals surface area contributed by atoms with Crippen LogP contribution < -0.4 is 0 Å². The fraction of sp³-hybridized carbons (Fsp3) is 0.143. The van der Waals surface area contributed by atoms with Crippen LogP contribution in [-0.4, -0.2) is 46.2 Å². The van der Waals surface area contributed by atoms with Crippen molar-refractivity contribution in [3.63, 3.8) is 0 Å². The summed E-state index contributed by atoms with van der Waals surface area (Å²) in [5, 5.41) is 3.15. The van der Waals surface area contributed by atoms with Crippen LogP contribution in [0.5, 0.6) is 0 Å². The van der Waals surface area contributed by atoms with Crippen molar-refractivity contribution in [3.8, 4) is 11.1 Å². The van der Waals surface area contributed by atoms with Crippen molar-refractivity contribution < 1.29 is 13.6 Å². The quantitative estimate of drug-likeness (QED) is 0.486. The number of fused-ring (bicyclic) bond motifs is 2. The van der Waals surface area contributed by atoms with Gasteiger partial charge in [-0.05, 0) is 35.9 Å². The van der Waals surface area contributed by atoms with E-state index >= 15 is 0 Å². The molecule has 0 fully saturated rings. The van der Waals surface area contributed by atoms with Crippen LogP contribution >= 0.6 is 0 Å². The summed E-state index contributed by atoms with van der Waals surface area (Å²) in [5.41, 5.74) is 1.42. The van der Waals surface area contributed by atoms with Gasteiger partial charge in [-0.1, -0.05) is 0 Å². The number of hydrogen-bond acceptors (Lipinski definition) is 4. The first kappa shape index (κ1) is 19.4. The van der Waals surface area contributed by atoms with E-state index in [-0.39, 0.29) is 16.8 Å². The van der Waals surface area contributed by atoms with E-state index < -0.39 is 29.4 Å². The fourth-order valence-corrected chi connectivity index (χ4v) is 3.81. The van der Waals surface area contributed by atoms with Gasteiger partial charge in [-0.2, -0.15) is 5.10 Å². The summed E-state index contributed by atoms with van der Waals surface area (Å²) in [5.74, 6) is -2.19. The van der Waals surface area contributed by atoms with Crippen molar-refractivity contribution in [3.05, 3.63) is 77.4 Å². The van der Waals surface area contributed by atoms with Gasteiger partial charge in [0.2, 0.25) is 0 Å². The summed E-state index contributed by atoms with van der Waals surface area (Å²) in [7, 11) is 14.0. The van der Waals surface area contributed by atoms with Crippen LogP contribution in [0.4, 0.5) is 8.78 Å². The molecule has 1 aliphatic rings. The van der Waals surface area contributed by atoms with Crippen LogP contribution in [0.15, 0.2) is 48.9 Å². The van der Waals surface area contributed by atoms with Crippen molar-refractivity contribution in [2.45, 2.75) is 11.9 Å². The molecule has 4 radical (unpaired) electrons. The first-order valence-corrected chi connectivity index (χ1v) is 9.38. The lowest BCUT2D eigenvalue weighted by Crippen LogP contribution is -2.45. The van der Waals surface area contributed by atoms with Crippen LogP contribution in [0.3, 0.4) is 0 Å². The Balaban J connectivity index is 1.51.